The quantitative estimate of drug-likeness (QED) is 0.724. The molecule has 2 rings (SSSR count). The first-order valence-corrected chi connectivity index (χ1v) is 8.29. The van der Waals surface area contributed by atoms with Crippen LogP contribution in [0.5, 0.6) is 0 Å². The van der Waals surface area contributed by atoms with Gasteiger partial charge in [-0.2, -0.15) is 0 Å². The Balaban J connectivity index is 2.08. The van der Waals surface area contributed by atoms with Gasteiger partial charge in [0.15, 0.2) is 11.5 Å². The third-order valence-electron chi connectivity index (χ3n) is 4.09. The number of carbonyl (C=O) groups excluding carboxylic acids is 1. The van der Waals surface area contributed by atoms with Gasteiger partial charge in [-0.3, -0.25) is 4.40 Å². The standard InChI is InChI=1S/C17H27N5O2/c1-12(2)14(15-21-20-13-7-5-6-9-22(13)15)19-16(24)18-11-17(3,4)8-10-23/h5-7,9,12,14,23H,8,10-11H2,1-4H3,(H2,18,19,24). The summed E-state index contributed by atoms with van der Waals surface area (Å²) in [7, 11) is 0. The zero-order chi connectivity index (χ0) is 17.7. The Bertz CT molecular complexity index is 680. The van der Waals surface area contributed by atoms with Crippen molar-refractivity contribution in [3.05, 3.63) is 30.2 Å². The van der Waals surface area contributed by atoms with Gasteiger partial charge in [-0.1, -0.05) is 33.8 Å². The third kappa shape index (κ3) is 4.44. The topological polar surface area (TPSA) is 91.5 Å². The first-order valence-electron chi connectivity index (χ1n) is 8.29. The van der Waals surface area contributed by atoms with Crippen LogP contribution in [-0.2, 0) is 0 Å². The van der Waals surface area contributed by atoms with Crippen molar-refractivity contribution in [3.8, 4) is 0 Å². The second-order valence-electron chi connectivity index (χ2n) is 7.17. The van der Waals surface area contributed by atoms with Crippen molar-refractivity contribution in [1.29, 1.82) is 0 Å². The second-order valence-corrected chi connectivity index (χ2v) is 7.17. The predicted molar refractivity (Wildman–Crippen MR) is 92.6 cm³/mol. The van der Waals surface area contributed by atoms with Crippen LogP contribution < -0.4 is 10.6 Å². The smallest absolute Gasteiger partial charge is 0.315 e. The fraction of sp³-hybridized carbons (Fsp3) is 0.588. The van der Waals surface area contributed by atoms with Gasteiger partial charge >= 0.3 is 6.03 Å². The molecule has 7 heteroatoms. The van der Waals surface area contributed by atoms with Gasteiger partial charge in [-0.15, -0.1) is 10.2 Å². The number of nitrogens with one attached hydrogen (secondary N) is 2. The Kier molecular flexibility index (Phi) is 5.77. The summed E-state index contributed by atoms with van der Waals surface area (Å²) in [5.41, 5.74) is 0.602. The summed E-state index contributed by atoms with van der Waals surface area (Å²) >= 11 is 0. The Morgan fingerprint density at radius 3 is 2.75 bits per heavy atom. The molecule has 0 bridgehead atoms. The number of aliphatic hydroxyl groups excluding tert-OH is 1. The zero-order valence-electron chi connectivity index (χ0n) is 14.8. The van der Waals surface area contributed by atoms with Crippen molar-refractivity contribution in [2.45, 2.75) is 40.2 Å². The van der Waals surface area contributed by atoms with Crippen molar-refractivity contribution in [1.82, 2.24) is 25.2 Å². The van der Waals surface area contributed by atoms with Gasteiger partial charge in [0.25, 0.3) is 0 Å². The van der Waals surface area contributed by atoms with Gasteiger partial charge in [-0.25, -0.2) is 4.79 Å². The van der Waals surface area contributed by atoms with E-state index in [-0.39, 0.29) is 30.0 Å². The summed E-state index contributed by atoms with van der Waals surface area (Å²) < 4.78 is 1.89. The van der Waals surface area contributed by atoms with E-state index in [0.717, 1.165) is 5.65 Å². The highest BCUT2D eigenvalue weighted by atomic mass is 16.3. The highest BCUT2D eigenvalue weighted by Crippen LogP contribution is 2.21. The second kappa shape index (κ2) is 7.61. The molecule has 0 aliphatic carbocycles. The minimum Gasteiger partial charge on any atom is -0.396 e. The van der Waals surface area contributed by atoms with E-state index in [0.29, 0.717) is 18.8 Å². The molecule has 0 fully saturated rings. The average Bonchev–Trinajstić information content (AvgIpc) is 2.94. The molecule has 0 saturated heterocycles. The predicted octanol–water partition coefficient (Wildman–Crippen LogP) is 2.13. The van der Waals surface area contributed by atoms with Gasteiger partial charge in [0.1, 0.15) is 0 Å². The molecule has 0 aliphatic rings. The largest absolute Gasteiger partial charge is 0.396 e. The van der Waals surface area contributed by atoms with Crippen LogP contribution in [0.2, 0.25) is 0 Å². The number of carbonyl (C=O) groups is 1. The molecule has 1 atom stereocenters. The Hall–Kier alpha value is -2.15. The normalized spacial score (nSPS) is 13.2. The molecule has 7 nitrogen and oxygen atoms in total. The highest BCUT2D eigenvalue weighted by molar-refractivity contribution is 5.74. The van der Waals surface area contributed by atoms with Gasteiger partial charge in [0, 0.05) is 19.3 Å². The number of pyridine rings is 1. The fourth-order valence-electron chi connectivity index (χ4n) is 2.50. The molecule has 2 aromatic heterocycles. The van der Waals surface area contributed by atoms with Crippen molar-refractivity contribution >= 4 is 11.7 Å². The number of aromatic nitrogens is 3. The number of rotatable bonds is 7. The molecule has 3 N–H and O–H groups in total. The number of urea groups is 1. The SMILES string of the molecule is CC(C)C(NC(=O)NCC(C)(C)CCO)c1nnc2ccccn12. The van der Waals surface area contributed by atoms with Crippen molar-refractivity contribution < 1.29 is 9.90 Å². The number of amides is 2. The van der Waals surface area contributed by atoms with Crippen molar-refractivity contribution in [2.24, 2.45) is 11.3 Å². The molecule has 1 unspecified atom stereocenters. The van der Waals surface area contributed by atoms with Gasteiger partial charge in [-0.05, 0) is 29.9 Å². The summed E-state index contributed by atoms with van der Waals surface area (Å²) in [6.07, 6.45) is 2.53. The maximum Gasteiger partial charge on any atom is 0.315 e. The molecule has 0 spiro atoms. The van der Waals surface area contributed by atoms with E-state index >= 15 is 0 Å². The number of fused-ring (bicyclic) bond motifs is 1. The van der Waals surface area contributed by atoms with Crippen LogP contribution >= 0.6 is 0 Å². The van der Waals surface area contributed by atoms with Crippen LogP contribution in [0.15, 0.2) is 24.4 Å². The monoisotopic (exact) mass is 333 g/mol. The van der Waals surface area contributed by atoms with Gasteiger partial charge < -0.3 is 15.7 Å². The summed E-state index contributed by atoms with van der Waals surface area (Å²) in [5, 5.41) is 23.3. The first-order chi connectivity index (χ1) is 11.3. The molecule has 0 saturated carbocycles. The van der Waals surface area contributed by atoms with Crippen molar-refractivity contribution in [2.75, 3.05) is 13.2 Å². The maximum atomic E-state index is 12.3. The number of hydrogen-bond acceptors (Lipinski definition) is 4. The van der Waals surface area contributed by atoms with E-state index in [1.807, 2.05) is 56.5 Å². The van der Waals surface area contributed by atoms with Crippen LogP contribution in [-0.4, -0.2) is 38.9 Å². The van der Waals surface area contributed by atoms with Crippen LogP contribution in [0, 0.1) is 11.3 Å². The fourth-order valence-corrected chi connectivity index (χ4v) is 2.50. The Morgan fingerprint density at radius 1 is 1.33 bits per heavy atom. The van der Waals surface area contributed by atoms with E-state index in [1.54, 1.807) is 0 Å². The van der Waals surface area contributed by atoms with E-state index in [4.69, 9.17) is 5.11 Å². The summed E-state index contributed by atoms with van der Waals surface area (Å²) in [5.74, 6) is 0.874. The minimum absolute atomic E-state index is 0.108. The van der Waals surface area contributed by atoms with Crippen LogP contribution in [0.25, 0.3) is 5.65 Å². The van der Waals surface area contributed by atoms with E-state index in [2.05, 4.69) is 20.8 Å². The lowest BCUT2D eigenvalue weighted by Gasteiger charge is -2.26. The molecule has 2 amide bonds. The van der Waals surface area contributed by atoms with Crippen molar-refractivity contribution in [3.63, 3.8) is 0 Å². The number of nitrogens with zero attached hydrogens (tertiary/aromatic N) is 3. The molecule has 24 heavy (non-hydrogen) atoms. The minimum atomic E-state index is -0.247. The van der Waals surface area contributed by atoms with Crippen LogP contribution in [0.3, 0.4) is 0 Å². The molecule has 2 heterocycles. The summed E-state index contributed by atoms with van der Waals surface area (Å²) in [6.45, 7) is 8.68. The van der Waals surface area contributed by atoms with E-state index < -0.39 is 0 Å². The molecular weight excluding hydrogens is 306 g/mol. The van der Waals surface area contributed by atoms with E-state index in [9.17, 15) is 4.79 Å². The first kappa shape index (κ1) is 18.2. The lowest BCUT2D eigenvalue weighted by molar-refractivity contribution is 0.198. The van der Waals surface area contributed by atoms with Crippen LogP contribution in [0.4, 0.5) is 4.79 Å². The summed E-state index contributed by atoms with van der Waals surface area (Å²) in [4.78, 5) is 12.3. The number of aliphatic hydroxyl groups is 1. The van der Waals surface area contributed by atoms with Gasteiger partial charge in [0.2, 0.25) is 0 Å². The highest BCUT2D eigenvalue weighted by Gasteiger charge is 2.24. The Morgan fingerprint density at radius 2 is 2.08 bits per heavy atom. The average molecular weight is 333 g/mol. The maximum absolute atomic E-state index is 12.3. The number of hydrogen-bond donors (Lipinski definition) is 3. The molecular formula is C17H27N5O2. The molecule has 0 aliphatic heterocycles. The lowest BCUT2D eigenvalue weighted by atomic mass is 9.90. The zero-order valence-corrected chi connectivity index (χ0v) is 14.8. The molecule has 0 aromatic carbocycles. The molecule has 2 aromatic rings. The lowest BCUT2D eigenvalue weighted by Crippen LogP contribution is -2.44. The molecule has 0 radical (unpaired) electrons. The molecule has 132 valence electrons. The third-order valence-corrected chi connectivity index (χ3v) is 4.09. The van der Waals surface area contributed by atoms with Gasteiger partial charge in [0.05, 0.1) is 6.04 Å². The van der Waals surface area contributed by atoms with E-state index in [1.165, 1.54) is 0 Å². The summed E-state index contributed by atoms with van der Waals surface area (Å²) in [6, 6.07) is 5.21. The Labute approximate surface area is 142 Å². The van der Waals surface area contributed by atoms with Crippen LogP contribution in [0.1, 0.15) is 46.0 Å².